The van der Waals surface area contributed by atoms with E-state index in [1.54, 1.807) is 6.07 Å². The van der Waals surface area contributed by atoms with Gasteiger partial charge in [0.1, 0.15) is 5.82 Å². The maximum atomic E-state index is 11.8. The number of esters is 1. The number of nitrogens with one attached hydrogen (secondary N) is 1. The Labute approximate surface area is 135 Å². The molecule has 2 aromatic rings. The summed E-state index contributed by atoms with van der Waals surface area (Å²) < 4.78 is 12.6. The molecule has 0 aliphatic carbocycles. The van der Waals surface area contributed by atoms with Crippen molar-refractivity contribution in [2.75, 3.05) is 20.3 Å². The molecule has 1 fully saturated rings. The van der Waals surface area contributed by atoms with Crippen LogP contribution in [0.5, 0.6) is 0 Å². The lowest BCUT2D eigenvalue weighted by Gasteiger charge is -2.27. The fourth-order valence-corrected chi connectivity index (χ4v) is 2.77. The molecule has 3 rings (SSSR count). The fraction of sp³-hybridized carbons (Fsp3) is 0.529. The summed E-state index contributed by atoms with van der Waals surface area (Å²) in [5, 5.41) is 3.39. The van der Waals surface area contributed by atoms with E-state index in [0.717, 1.165) is 49.4 Å². The molecule has 0 amide bonds. The molecular formula is C17H23N3O3. The van der Waals surface area contributed by atoms with Gasteiger partial charge in [0.15, 0.2) is 0 Å². The Morgan fingerprint density at radius 3 is 3.00 bits per heavy atom. The Morgan fingerprint density at radius 1 is 1.52 bits per heavy atom. The predicted molar refractivity (Wildman–Crippen MR) is 87.4 cm³/mol. The van der Waals surface area contributed by atoms with Crippen LogP contribution in [0, 0.1) is 0 Å². The average Bonchev–Trinajstić information content (AvgIpc) is 2.87. The Balaban J connectivity index is 1.95. The molecule has 23 heavy (non-hydrogen) atoms. The summed E-state index contributed by atoms with van der Waals surface area (Å²) in [7, 11) is 1.39. The number of aromatic nitrogens is 2. The Kier molecular flexibility index (Phi) is 4.93. The van der Waals surface area contributed by atoms with Gasteiger partial charge in [-0.05, 0) is 37.6 Å². The summed E-state index contributed by atoms with van der Waals surface area (Å²) in [5.74, 6) is 0.649. The van der Waals surface area contributed by atoms with Crippen molar-refractivity contribution in [1.82, 2.24) is 14.9 Å². The van der Waals surface area contributed by atoms with Crippen LogP contribution in [-0.4, -0.2) is 41.9 Å². The van der Waals surface area contributed by atoms with Crippen LogP contribution >= 0.6 is 0 Å². The van der Waals surface area contributed by atoms with Gasteiger partial charge in [-0.3, -0.25) is 0 Å². The second-order valence-electron chi connectivity index (χ2n) is 5.79. The number of carbonyl (C=O) groups excluding carboxylic acids is 1. The standard InChI is InChI=1S/C17H23N3O3/c1-3-7-18-10-16-19-14-5-4-12(17(21)22-2)9-15(14)20(16)11-13-6-8-23-13/h4-5,9,13,18H,3,6-8,10-11H2,1-2H3/t13-/m0/s1. The Morgan fingerprint density at radius 2 is 2.35 bits per heavy atom. The number of imidazole rings is 1. The lowest BCUT2D eigenvalue weighted by atomic mass is 10.1. The van der Waals surface area contributed by atoms with Crippen molar-refractivity contribution in [3.63, 3.8) is 0 Å². The van der Waals surface area contributed by atoms with E-state index in [-0.39, 0.29) is 12.1 Å². The van der Waals surface area contributed by atoms with E-state index < -0.39 is 0 Å². The van der Waals surface area contributed by atoms with Gasteiger partial charge in [-0.25, -0.2) is 9.78 Å². The highest BCUT2D eigenvalue weighted by Crippen LogP contribution is 2.22. The van der Waals surface area contributed by atoms with Crippen LogP contribution in [0.2, 0.25) is 0 Å². The quantitative estimate of drug-likeness (QED) is 0.626. The second kappa shape index (κ2) is 7.10. The Bertz CT molecular complexity index is 692. The maximum absolute atomic E-state index is 11.8. The monoisotopic (exact) mass is 317 g/mol. The number of ether oxygens (including phenoxy) is 2. The van der Waals surface area contributed by atoms with Crippen molar-refractivity contribution < 1.29 is 14.3 Å². The van der Waals surface area contributed by atoms with Gasteiger partial charge in [-0.1, -0.05) is 6.92 Å². The SMILES string of the molecule is CCCNCc1nc2ccc(C(=O)OC)cc2n1C[C@@H]1CCO1. The zero-order chi connectivity index (χ0) is 16.2. The molecule has 1 aromatic carbocycles. The number of methoxy groups -OCH3 is 1. The van der Waals surface area contributed by atoms with E-state index >= 15 is 0 Å². The average molecular weight is 317 g/mol. The van der Waals surface area contributed by atoms with Crippen molar-refractivity contribution in [3.05, 3.63) is 29.6 Å². The molecule has 1 atom stereocenters. The third-order valence-corrected chi connectivity index (χ3v) is 4.14. The third-order valence-electron chi connectivity index (χ3n) is 4.14. The molecule has 124 valence electrons. The van der Waals surface area contributed by atoms with Gasteiger partial charge >= 0.3 is 5.97 Å². The molecule has 0 spiro atoms. The van der Waals surface area contributed by atoms with E-state index in [9.17, 15) is 4.79 Å². The van der Waals surface area contributed by atoms with Crippen LogP contribution in [0.1, 0.15) is 35.9 Å². The lowest BCUT2D eigenvalue weighted by molar-refractivity contribution is -0.0590. The minimum absolute atomic E-state index is 0.235. The number of nitrogens with zero attached hydrogens (tertiary/aromatic N) is 2. The van der Waals surface area contributed by atoms with Gasteiger partial charge in [0, 0.05) is 6.61 Å². The summed E-state index contributed by atoms with van der Waals surface area (Å²) in [4.78, 5) is 16.5. The van der Waals surface area contributed by atoms with Crippen LogP contribution in [0.3, 0.4) is 0 Å². The number of rotatable bonds is 7. The predicted octanol–water partition coefficient (Wildman–Crippen LogP) is 2.11. The minimum Gasteiger partial charge on any atom is -0.465 e. The molecule has 0 unspecified atom stereocenters. The number of carbonyl (C=O) groups is 1. The van der Waals surface area contributed by atoms with Gasteiger partial charge in [-0.15, -0.1) is 0 Å². The molecule has 6 nitrogen and oxygen atoms in total. The van der Waals surface area contributed by atoms with Crippen molar-refractivity contribution in [1.29, 1.82) is 0 Å². The van der Waals surface area contributed by atoms with Crippen molar-refractivity contribution >= 4 is 17.0 Å². The minimum atomic E-state index is -0.329. The van der Waals surface area contributed by atoms with Crippen LogP contribution in [-0.2, 0) is 22.6 Å². The number of hydrogen-bond donors (Lipinski definition) is 1. The van der Waals surface area contributed by atoms with Crippen LogP contribution in [0.25, 0.3) is 11.0 Å². The number of hydrogen-bond acceptors (Lipinski definition) is 5. The fourth-order valence-electron chi connectivity index (χ4n) is 2.77. The zero-order valence-corrected chi connectivity index (χ0v) is 13.7. The van der Waals surface area contributed by atoms with E-state index in [4.69, 9.17) is 14.5 Å². The molecule has 0 saturated carbocycles. The topological polar surface area (TPSA) is 65.4 Å². The highest BCUT2D eigenvalue weighted by Gasteiger charge is 2.22. The van der Waals surface area contributed by atoms with E-state index in [2.05, 4.69) is 16.8 Å². The molecule has 6 heteroatoms. The van der Waals surface area contributed by atoms with Crippen molar-refractivity contribution in [2.24, 2.45) is 0 Å². The van der Waals surface area contributed by atoms with Gasteiger partial charge in [-0.2, -0.15) is 0 Å². The molecule has 1 aromatic heterocycles. The first-order valence-corrected chi connectivity index (χ1v) is 8.12. The van der Waals surface area contributed by atoms with Gasteiger partial charge in [0.05, 0.1) is 42.9 Å². The lowest BCUT2D eigenvalue weighted by Crippen LogP contribution is -2.32. The highest BCUT2D eigenvalue weighted by molar-refractivity contribution is 5.93. The van der Waals surface area contributed by atoms with Gasteiger partial charge in [0.2, 0.25) is 0 Å². The van der Waals surface area contributed by atoms with Gasteiger partial charge < -0.3 is 19.4 Å². The summed E-state index contributed by atoms with van der Waals surface area (Å²) in [6.45, 7) is 5.40. The molecular weight excluding hydrogens is 294 g/mol. The molecule has 2 heterocycles. The molecule has 1 aliphatic heterocycles. The number of benzene rings is 1. The largest absolute Gasteiger partial charge is 0.465 e. The first-order valence-electron chi connectivity index (χ1n) is 8.12. The van der Waals surface area contributed by atoms with Crippen molar-refractivity contribution in [3.8, 4) is 0 Å². The molecule has 1 aliphatic rings. The van der Waals surface area contributed by atoms with E-state index in [1.807, 2.05) is 12.1 Å². The first kappa shape index (κ1) is 16.0. The van der Waals surface area contributed by atoms with Crippen LogP contribution in [0.15, 0.2) is 18.2 Å². The molecule has 1 saturated heterocycles. The molecule has 0 bridgehead atoms. The highest BCUT2D eigenvalue weighted by atomic mass is 16.5. The molecule has 1 N–H and O–H groups in total. The molecule has 0 radical (unpaired) electrons. The zero-order valence-electron chi connectivity index (χ0n) is 13.7. The smallest absolute Gasteiger partial charge is 0.337 e. The summed E-state index contributed by atoms with van der Waals surface area (Å²) in [6, 6.07) is 5.49. The normalized spacial score (nSPS) is 17.2. The summed E-state index contributed by atoms with van der Waals surface area (Å²) >= 11 is 0. The van der Waals surface area contributed by atoms with Crippen LogP contribution < -0.4 is 5.32 Å². The first-order chi connectivity index (χ1) is 11.2. The van der Waals surface area contributed by atoms with Gasteiger partial charge in [0.25, 0.3) is 0 Å². The summed E-state index contributed by atoms with van der Waals surface area (Å²) in [6.07, 6.45) is 2.38. The number of fused-ring (bicyclic) bond motifs is 1. The maximum Gasteiger partial charge on any atom is 0.337 e. The second-order valence-corrected chi connectivity index (χ2v) is 5.79. The Hall–Kier alpha value is -1.92. The van der Waals surface area contributed by atoms with E-state index in [0.29, 0.717) is 12.1 Å². The summed E-state index contributed by atoms with van der Waals surface area (Å²) in [5.41, 5.74) is 2.39. The van der Waals surface area contributed by atoms with Crippen LogP contribution in [0.4, 0.5) is 0 Å². The third kappa shape index (κ3) is 3.38. The van der Waals surface area contributed by atoms with E-state index in [1.165, 1.54) is 7.11 Å². The van der Waals surface area contributed by atoms with Crippen molar-refractivity contribution in [2.45, 2.75) is 39.0 Å².